The lowest BCUT2D eigenvalue weighted by Crippen LogP contribution is -2.13. The van der Waals surface area contributed by atoms with Crippen molar-refractivity contribution >= 4 is 49.2 Å². The quantitative estimate of drug-likeness (QED) is 0.705. The minimum Gasteiger partial charge on any atom is -0.477 e. The number of carboxylic acids is 1. The van der Waals surface area contributed by atoms with Crippen LogP contribution in [0.5, 0.6) is 6.01 Å². The molecule has 2 aromatic heterocycles. The van der Waals surface area contributed by atoms with E-state index in [9.17, 15) is 13.2 Å². The minimum atomic E-state index is -3.99. The van der Waals surface area contributed by atoms with Gasteiger partial charge in [0.05, 0.1) is 10.9 Å². The van der Waals surface area contributed by atoms with Gasteiger partial charge in [0.1, 0.15) is 9.77 Å². The topological polar surface area (TPSA) is 134 Å². The zero-order valence-electron chi connectivity index (χ0n) is 9.75. The van der Waals surface area contributed by atoms with E-state index in [1.165, 1.54) is 7.11 Å². The van der Waals surface area contributed by atoms with Crippen LogP contribution in [0.15, 0.2) is 14.7 Å². The van der Waals surface area contributed by atoms with Crippen molar-refractivity contribution < 1.29 is 23.1 Å². The molecule has 0 radical (unpaired) electrons. The highest BCUT2D eigenvalue weighted by molar-refractivity contribution is 9.11. The van der Waals surface area contributed by atoms with E-state index in [4.69, 9.17) is 9.84 Å². The van der Waals surface area contributed by atoms with E-state index < -0.39 is 16.0 Å². The molecule has 0 aliphatic heterocycles. The molecule has 0 aliphatic rings. The number of nitrogens with zero attached hydrogens (tertiary/aromatic N) is 2. The van der Waals surface area contributed by atoms with E-state index in [0.29, 0.717) is 0 Å². The fourth-order valence-electron chi connectivity index (χ4n) is 1.21. The summed E-state index contributed by atoms with van der Waals surface area (Å²) < 4.78 is 31.2. The average Bonchev–Trinajstić information content (AvgIpc) is 2.95. The Bertz CT molecular complexity index is 753. The fourth-order valence-corrected chi connectivity index (χ4v) is 4.57. The molecule has 0 spiro atoms. The predicted octanol–water partition coefficient (Wildman–Crippen LogP) is 1.14. The summed E-state index contributed by atoms with van der Waals surface area (Å²) in [5, 5.41) is 14.7. The maximum Gasteiger partial charge on any atom is 0.345 e. The summed E-state index contributed by atoms with van der Waals surface area (Å²) in [7, 11) is -2.66. The zero-order chi connectivity index (χ0) is 14.9. The number of thiophene rings is 1. The van der Waals surface area contributed by atoms with Crippen molar-refractivity contribution in [3.8, 4) is 6.01 Å². The Hall–Kier alpha value is -1.66. The van der Waals surface area contributed by atoms with Crippen molar-refractivity contribution in [3.63, 3.8) is 0 Å². The van der Waals surface area contributed by atoms with Crippen LogP contribution in [0.4, 0.5) is 5.95 Å². The fraction of sp³-hybridized carbons (Fsp3) is 0.125. The highest BCUT2D eigenvalue weighted by Gasteiger charge is 2.24. The van der Waals surface area contributed by atoms with Gasteiger partial charge in [-0.25, -0.2) is 23.0 Å². The molecule has 0 aromatic carbocycles. The third kappa shape index (κ3) is 2.91. The lowest BCUT2D eigenvalue weighted by atomic mass is 10.5. The van der Waals surface area contributed by atoms with E-state index in [-0.39, 0.29) is 25.5 Å². The first-order chi connectivity index (χ1) is 9.33. The summed E-state index contributed by atoms with van der Waals surface area (Å²) >= 11 is 3.82. The van der Waals surface area contributed by atoms with Crippen LogP contribution in [0.2, 0.25) is 0 Å². The monoisotopic (exact) mass is 382 g/mol. The molecule has 0 atom stereocenters. The molecule has 12 heteroatoms. The van der Waals surface area contributed by atoms with Gasteiger partial charge in [0, 0.05) is 0 Å². The first-order valence-electron chi connectivity index (χ1n) is 4.85. The van der Waals surface area contributed by atoms with E-state index in [1.807, 2.05) is 0 Å². The number of aromatic amines is 1. The molecule has 0 unspecified atom stereocenters. The SMILES string of the molecule is COc1n[nH]c(NS(=O)(=O)c2cc(C(=O)O)sc2Br)n1. The van der Waals surface area contributed by atoms with E-state index in [2.05, 4.69) is 35.8 Å². The van der Waals surface area contributed by atoms with Gasteiger partial charge in [-0.2, -0.15) is 4.98 Å². The molecular weight excluding hydrogens is 376 g/mol. The largest absolute Gasteiger partial charge is 0.477 e. The highest BCUT2D eigenvalue weighted by Crippen LogP contribution is 2.32. The molecule has 0 saturated carbocycles. The van der Waals surface area contributed by atoms with Gasteiger partial charge in [-0.15, -0.1) is 16.4 Å². The summed E-state index contributed by atoms with van der Waals surface area (Å²) in [6.45, 7) is 0. The number of rotatable bonds is 5. The van der Waals surface area contributed by atoms with Crippen LogP contribution < -0.4 is 9.46 Å². The summed E-state index contributed by atoms with van der Waals surface area (Å²) in [6.07, 6.45) is 0. The van der Waals surface area contributed by atoms with Crippen LogP contribution in [0, 0.1) is 0 Å². The van der Waals surface area contributed by atoms with Gasteiger partial charge in [-0.05, 0) is 22.0 Å². The number of H-pyrrole nitrogens is 1. The molecule has 3 N–H and O–H groups in total. The number of halogens is 1. The number of nitrogens with one attached hydrogen (secondary N) is 2. The summed E-state index contributed by atoms with van der Waals surface area (Å²) in [5.41, 5.74) is 0. The second kappa shape index (κ2) is 5.38. The van der Waals surface area contributed by atoms with Gasteiger partial charge >= 0.3 is 12.0 Å². The van der Waals surface area contributed by atoms with Crippen LogP contribution in [-0.4, -0.2) is 41.8 Å². The number of hydrogen-bond acceptors (Lipinski definition) is 7. The summed E-state index contributed by atoms with van der Waals surface area (Å²) in [4.78, 5) is 14.2. The van der Waals surface area contributed by atoms with Crippen molar-refractivity contribution in [2.75, 3.05) is 11.8 Å². The maximum absolute atomic E-state index is 12.1. The highest BCUT2D eigenvalue weighted by atomic mass is 79.9. The first kappa shape index (κ1) is 14.7. The Morgan fingerprint density at radius 3 is 2.80 bits per heavy atom. The Labute approximate surface area is 125 Å². The van der Waals surface area contributed by atoms with Crippen molar-refractivity contribution in [2.45, 2.75) is 4.90 Å². The molecule has 2 aromatic rings. The van der Waals surface area contributed by atoms with Crippen LogP contribution in [0.1, 0.15) is 9.67 Å². The second-order valence-electron chi connectivity index (χ2n) is 3.33. The van der Waals surface area contributed by atoms with Gasteiger partial charge in [-0.3, -0.25) is 0 Å². The number of hydrogen-bond donors (Lipinski definition) is 3. The molecule has 20 heavy (non-hydrogen) atoms. The van der Waals surface area contributed by atoms with Gasteiger partial charge in [0.15, 0.2) is 0 Å². The first-order valence-corrected chi connectivity index (χ1v) is 7.94. The molecule has 0 aliphatic carbocycles. The molecule has 2 heterocycles. The normalized spacial score (nSPS) is 11.3. The van der Waals surface area contributed by atoms with Crippen molar-refractivity contribution in [1.29, 1.82) is 0 Å². The molecular formula is C8H7BrN4O5S2. The molecule has 0 saturated heterocycles. The number of aromatic nitrogens is 3. The number of sulfonamides is 1. The number of methoxy groups -OCH3 is 1. The molecule has 0 amide bonds. The average molecular weight is 383 g/mol. The van der Waals surface area contributed by atoms with Gasteiger partial charge in [0.25, 0.3) is 10.0 Å². The van der Waals surface area contributed by atoms with Crippen molar-refractivity contribution in [3.05, 3.63) is 14.7 Å². The van der Waals surface area contributed by atoms with Crippen LogP contribution in [0.3, 0.4) is 0 Å². The Kier molecular flexibility index (Phi) is 3.96. The third-order valence-corrected chi connectivity index (χ3v) is 5.61. The van der Waals surface area contributed by atoms with Gasteiger partial charge in [-0.1, -0.05) is 0 Å². The molecule has 0 fully saturated rings. The summed E-state index contributed by atoms with van der Waals surface area (Å²) in [6, 6.07) is 1.02. The number of aromatic carboxylic acids is 1. The maximum atomic E-state index is 12.1. The smallest absolute Gasteiger partial charge is 0.345 e. The van der Waals surface area contributed by atoms with Crippen LogP contribution in [0.25, 0.3) is 0 Å². The molecule has 108 valence electrons. The number of ether oxygens (including phenoxy) is 1. The third-order valence-electron chi connectivity index (χ3n) is 2.03. The Balaban J connectivity index is 2.32. The van der Waals surface area contributed by atoms with Crippen LogP contribution >= 0.6 is 27.3 Å². The van der Waals surface area contributed by atoms with E-state index >= 15 is 0 Å². The van der Waals surface area contributed by atoms with E-state index in [1.54, 1.807) is 0 Å². The minimum absolute atomic E-state index is 0.0293. The Morgan fingerprint density at radius 1 is 1.60 bits per heavy atom. The number of carbonyl (C=O) groups is 1. The van der Waals surface area contributed by atoms with Crippen molar-refractivity contribution in [1.82, 2.24) is 15.2 Å². The van der Waals surface area contributed by atoms with Crippen LogP contribution in [-0.2, 0) is 10.0 Å². The summed E-state index contributed by atoms with van der Waals surface area (Å²) in [5.74, 6) is -1.35. The van der Waals surface area contributed by atoms with E-state index in [0.717, 1.165) is 17.4 Å². The molecule has 0 bridgehead atoms. The van der Waals surface area contributed by atoms with Gasteiger partial charge < -0.3 is 9.84 Å². The van der Waals surface area contributed by atoms with Gasteiger partial charge in [0.2, 0.25) is 5.95 Å². The molecule has 9 nitrogen and oxygen atoms in total. The number of anilines is 1. The lowest BCUT2D eigenvalue weighted by Gasteiger charge is -2.02. The molecule has 2 rings (SSSR count). The lowest BCUT2D eigenvalue weighted by molar-refractivity contribution is 0.0702. The zero-order valence-corrected chi connectivity index (χ0v) is 13.0. The number of carboxylic acid groups (broad SMARTS) is 1. The second-order valence-corrected chi connectivity index (χ2v) is 7.35. The Morgan fingerprint density at radius 2 is 2.30 bits per heavy atom. The standard InChI is InChI=1S/C8H7BrN4O5S2/c1-18-8-10-7(11-12-8)13-20(16,17)4-2-3(6(14)15)19-5(4)9/h2H,1H3,(H,14,15)(H2,10,11,12,13). The predicted molar refractivity (Wildman–Crippen MR) is 72.7 cm³/mol. The van der Waals surface area contributed by atoms with Crippen molar-refractivity contribution in [2.24, 2.45) is 0 Å².